The zero-order valence-corrected chi connectivity index (χ0v) is 8.17. The first kappa shape index (κ1) is 8.02. The molecule has 0 bridgehead atoms. The van der Waals surface area contributed by atoms with Gasteiger partial charge in [-0.2, -0.15) is 0 Å². The van der Waals surface area contributed by atoms with Crippen LogP contribution in [0.3, 0.4) is 0 Å². The molecule has 0 aromatic heterocycles. The van der Waals surface area contributed by atoms with Gasteiger partial charge in [-0.3, -0.25) is 4.79 Å². The lowest BCUT2D eigenvalue weighted by atomic mass is 9.77. The SMILES string of the molecule is O=C1C2CCCCC2C2CCCC12. The summed E-state index contributed by atoms with van der Waals surface area (Å²) in [5, 5.41) is 0. The molecule has 3 fully saturated rings. The Balaban J connectivity index is 1.89. The predicted molar refractivity (Wildman–Crippen MR) is 51.3 cm³/mol. The normalized spacial score (nSPS) is 49.1. The van der Waals surface area contributed by atoms with Gasteiger partial charge in [-0.1, -0.05) is 19.3 Å². The summed E-state index contributed by atoms with van der Waals surface area (Å²) in [4.78, 5) is 12.0. The topological polar surface area (TPSA) is 17.1 Å². The van der Waals surface area contributed by atoms with Gasteiger partial charge in [-0.05, 0) is 37.5 Å². The molecule has 0 saturated heterocycles. The Kier molecular flexibility index (Phi) is 1.75. The minimum absolute atomic E-state index is 0.504. The number of rotatable bonds is 0. The van der Waals surface area contributed by atoms with E-state index < -0.39 is 0 Å². The summed E-state index contributed by atoms with van der Waals surface area (Å²) in [5.74, 6) is 3.30. The first-order valence-electron chi connectivity index (χ1n) is 5.91. The van der Waals surface area contributed by atoms with Crippen LogP contribution >= 0.6 is 0 Å². The Morgan fingerprint density at radius 1 is 0.769 bits per heavy atom. The molecule has 3 saturated carbocycles. The third-order valence-electron chi connectivity index (χ3n) is 4.67. The van der Waals surface area contributed by atoms with Gasteiger partial charge in [0.2, 0.25) is 0 Å². The van der Waals surface area contributed by atoms with Crippen molar-refractivity contribution >= 4 is 5.78 Å². The number of carbonyl (C=O) groups excluding carboxylic acids is 1. The molecule has 0 radical (unpaired) electrons. The number of carbonyl (C=O) groups is 1. The summed E-state index contributed by atoms with van der Waals surface area (Å²) in [6, 6.07) is 0. The van der Waals surface area contributed by atoms with Crippen LogP contribution < -0.4 is 0 Å². The van der Waals surface area contributed by atoms with Crippen molar-refractivity contribution < 1.29 is 4.79 Å². The van der Waals surface area contributed by atoms with E-state index in [1.807, 2.05) is 0 Å². The Hall–Kier alpha value is -0.330. The molecule has 3 rings (SSSR count). The highest BCUT2D eigenvalue weighted by Gasteiger charge is 2.51. The van der Waals surface area contributed by atoms with Gasteiger partial charge in [0, 0.05) is 11.8 Å². The molecule has 0 spiro atoms. The van der Waals surface area contributed by atoms with Crippen molar-refractivity contribution in [3.05, 3.63) is 0 Å². The first-order chi connectivity index (χ1) is 6.38. The van der Waals surface area contributed by atoms with E-state index in [0.717, 1.165) is 11.8 Å². The van der Waals surface area contributed by atoms with Gasteiger partial charge >= 0.3 is 0 Å². The van der Waals surface area contributed by atoms with Gasteiger partial charge in [-0.25, -0.2) is 0 Å². The predicted octanol–water partition coefficient (Wildman–Crippen LogP) is 2.79. The fourth-order valence-corrected chi connectivity index (χ4v) is 4.15. The van der Waals surface area contributed by atoms with Crippen LogP contribution in [-0.4, -0.2) is 5.78 Å². The van der Waals surface area contributed by atoms with Gasteiger partial charge in [0.1, 0.15) is 5.78 Å². The lowest BCUT2D eigenvalue weighted by Crippen LogP contribution is -2.21. The van der Waals surface area contributed by atoms with E-state index in [1.165, 1.54) is 44.9 Å². The maximum absolute atomic E-state index is 12.0. The number of Topliss-reactive ketones (excluding diaryl/α,β-unsaturated/α-hetero) is 1. The molecule has 0 aromatic carbocycles. The maximum atomic E-state index is 12.0. The minimum atomic E-state index is 0.504. The molecule has 0 amide bonds. The van der Waals surface area contributed by atoms with Gasteiger partial charge in [0.25, 0.3) is 0 Å². The van der Waals surface area contributed by atoms with Crippen molar-refractivity contribution in [3.8, 4) is 0 Å². The van der Waals surface area contributed by atoms with Crippen molar-refractivity contribution in [2.24, 2.45) is 23.7 Å². The quantitative estimate of drug-likeness (QED) is 0.557. The van der Waals surface area contributed by atoms with Crippen molar-refractivity contribution in [2.75, 3.05) is 0 Å². The highest BCUT2D eigenvalue weighted by Crippen LogP contribution is 2.53. The van der Waals surface area contributed by atoms with Crippen LogP contribution in [0, 0.1) is 23.7 Å². The van der Waals surface area contributed by atoms with Crippen LogP contribution in [0.4, 0.5) is 0 Å². The van der Waals surface area contributed by atoms with E-state index in [0.29, 0.717) is 17.6 Å². The molecule has 0 aromatic rings. The fraction of sp³-hybridized carbons (Fsp3) is 0.917. The molecule has 0 heterocycles. The molecule has 3 aliphatic rings. The highest BCUT2D eigenvalue weighted by atomic mass is 16.1. The molecular weight excluding hydrogens is 160 g/mol. The summed E-state index contributed by atoms with van der Waals surface area (Å²) in [7, 11) is 0. The van der Waals surface area contributed by atoms with Crippen molar-refractivity contribution in [3.63, 3.8) is 0 Å². The molecular formula is C12H18O. The van der Waals surface area contributed by atoms with Crippen LogP contribution in [0.5, 0.6) is 0 Å². The summed E-state index contributed by atoms with van der Waals surface area (Å²) in [6.45, 7) is 0. The smallest absolute Gasteiger partial charge is 0.139 e. The monoisotopic (exact) mass is 178 g/mol. The van der Waals surface area contributed by atoms with E-state index in [2.05, 4.69) is 0 Å². The second-order valence-corrected chi connectivity index (χ2v) is 5.16. The Bertz CT molecular complexity index is 233. The molecule has 4 atom stereocenters. The second-order valence-electron chi connectivity index (χ2n) is 5.16. The third kappa shape index (κ3) is 1.02. The molecule has 1 nitrogen and oxygen atoms in total. The van der Waals surface area contributed by atoms with Gasteiger partial charge < -0.3 is 0 Å². The molecule has 72 valence electrons. The zero-order chi connectivity index (χ0) is 8.84. The molecule has 13 heavy (non-hydrogen) atoms. The number of hydrogen-bond acceptors (Lipinski definition) is 1. The largest absolute Gasteiger partial charge is 0.299 e. The Morgan fingerprint density at radius 3 is 2.08 bits per heavy atom. The van der Waals surface area contributed by atoms with E-state index in [9.17, 15) is 4.79 Å². The van der Waals surface area contributed by atoms with Gasteiger partial charge in [-0.15, -0.1) is 0 Å². The molecule has 3 aliphatic carbocycles. The molecule has 4 unspecified atom stereocenters. The molecule has 0 aliphatic heterocycles. The van der Waals surface area contributed by atoms with E-state index in [1.54, 1.807) is 0 Å². The lowest BCUT2D eigenvalue weighted by Gasteiger charge is -2.27. The first-order valence-corrected chi connectivity index (χ1v) is 5.91. The van der Waals surface area contributed by atoms with Crippen LogP contribution in [0.2, 0.25) is 0 Å². The minimum Gasteiger partial charge on any atom is -0.299 e. The number of fused-ring (bicyclic) bond motifs is 3. The van der Waals surface area contributed by atoms with Gasteiger partial charge in [0.05, 0.1) is 0 Å². The second kappa shape index (κ2) is 2.83. The molecule has 0 N–H and O–H groups in total. The summed E-state index contributed by atoms with van der Waals surface area (Å²) >= 11 is 0. The fourth-order valence-electron chi connectivity index (χ4n) is 4.15. The highest BCUT2D eigenvalue weighted by molar-refractivity contribution is 5.86. The summed E-state index contributed by atoms with van der Waals surface area (Å²) in [5.41, 5.74) is 0. The average molecular weight is 178 g/mol. The molecule has 1 heteroatoms. The van der Waals surface area contributed by atoms with Crippen molar-refractivity contribution in [1.82, 2.24) is 0 Å². The number of hydrogen-bond donors (Lipinski definition) is 0. The van der Waals surface area contributed by atoms with Crippen LogP contribution in [-0.2, 0) is 4.79 Å². The van der Waals surface area contributed by atoms with Crippen LogP contribution in [0.1, 0.15) is 44.9 Å². The van der Waals surface area contributed by atoms with Crippen molar-refractivity contribution in [1.29, 1.82) is 0 Å². The summed E-state index contributed by atoms with van der Waals surface area (Å²) < 4.78 is 0. The maximum Gasteiger partial charge on any atom is 0.139 e. The van der Waals surface area contributed by atoms with Crippen molar-refractivity contribution in [2.45, 2.75) is 44.9 Å². The average Bonchev–Trinajstić information content (AvgIpc) is 2.72. The zero-order valence-electron chi connectivity index (χ0n) is 8.17. The van der Waals surface area contributed by atoms with E-state index in [4.69, 9.17) is 0 Å². The third-order valence-corrected chi connectivity index (χ3v) is 4.67. The van der Waals surface area contributed by atoms with E-state index >= 15 is 0 Å². The Morgan fingerprint density at radius 2 is 1.31 bits per heavy atom. The number of ketones is 1. The van der Waals surface area contributed by atoms with Crippen LogP contribution in [0.15, 0.2) is 0 Å². The Labute approximate surface area is 79.9 Å². The van der Waals surface area contributed by atoms with Gasteiger partial charge in [0.15, 0.2) is 0 Å². The summed E-state index contributed by atoms with van der Waals surface area (Å²) in [6.07, 6.45) is 9.18. The standard InChI is InChI=1S/C12H18O/c13-12-10-5-2-1-4-8(10)9-6-3-7-11(9)12/h8-11H,1-7H2. The van der Waals surface area contributed by atoms with E-state index in [-0.39, 0.29) is 0 Å². The lowest BCUT2D eigenvalue weighted by molar-refractivity contribution is -0.124. The van der Waals surface area contributed by atoms with Crippen LogP contribution in [0.25, 0.3) is 0 Å².